The minimum atomic E-state index is 0.479. The Morgan fingerprint density at radius 1 is 1.19 bits per heavy atom. The van der Waals surface area contributed by atoms with Crippen LogP contribution in [0.5, 0.6) is 11.5 Å². The van der Waals surface area contributed by atoms with Crippen LogP contribution in [0.3, 0.4) is 0 Å². The van der Waals surface area contributed by atoms with Gasteiger partial charge < -0.3 is 19.7 Å². The molecule has 142 valence electrons. The average Bonchev–Trinajstić information content (AvgIpc) is 3.19. The van der Waals surface area contributed by atoms with Crippen LogP contribution >= 0.6 is 0 Å². The number of methoxy groups -OCH3 is 1. The Labute approximate surface area is 161 Å². The lowest BCUT2D eigenvalue weighted by atomic mass is 10.1. The zero-order valence-electron chi connectivity index (χ0n) is 15.9. The van der Waals surface area contributed by atoms with E-state index in [0.29, 0.717) is 19.1 Å². The van der Waals surface area contributed by atoms with Crippen molar-refractivity contribution in [2.75, 3.05) is 31.7 Å². The van der Waals surface area contributed by atoms with Crippen molar-refractivity contribution in [2.45, 2.75) is 31.8 Å². The van der Waals surface area contributed by atoms with Gasteiger partial charge in [-0.15, -0.1) is 0 Å². The van der Waals surface area contributed by atoms with Gasteiger partial charge in [0.2, 0.25) is 0 Å². The molecule has 27 heavy (non-hydrogen) atoms. The van der Waals surface area contributed by atoms with Gasteiger partial charge in [0.25, 0.3) is 0 Å². The maximum Gasteiger partial charge on any atom is 0.161 e. The van der Waals surface area contributed by atoms with E-state index in [-0.39, 0.29) is 0 Å². The van der Waals surface area contributed by atoms with Gasteiger partial charge in [-0.1, -0.05) is 24.3 Å². The van der Waals surface area contributed by atoms with Crippen LogP contribution in [0.1, 0.15) is 24.8 Å². The second kappa shape index (κ2) is 9.84. The fraction of sp³-hybridized carbons (Fsp3) is 0.409. The summed E-state index contributed by atoms with van der Waals surface area (Å²) in [6, 6.07) is 19.2. The Kier molecular flexibility index (Phi) is 6.95. The first kappa shape index (κ1) is 19.1. The fourth-order valence-electron chi connectivity index (χ4n) is 3.34. The normalized spacial score (nSPS) is 16.1. The third-order valence-electron chi connectivity index (χ3n) is 4.82. The fourth-order valence-corrected chi connectivity index (χ4v) is 3.34. The third kappa shape index (κ3) is 5.38. The summed E-state index contributed by atoms with van der Waals surface area (Å²) >= 11 is 0. The van der Waals surface area contributed by atoms with E-state index in [9.17, 15) is 0 Å². The van der Waals surface area contributed by atoms with Crippen LogP contribution in [-0.2, 0) is 6.54 Å². The molecule has 1 N–H and O–H groups in total. The Morgan fingerprint density at radius 3 is 2.81 bits per heavy atom. The predicted octanol–water partition coefficient (Wildman–Crippen LogP) is 3.75. The van der Waals surface area contributed by atoms with Gasteiger partial charge >= 0.3 is 0 Å². The van der Waals surface area contributed by atoms with Crippen LogP contribution in [0.4, 0.5) is 5.69 Å². The van der Waals surface area contributed by atoms with E-state index in [2.05, 4.69) is 52.7 Å². The molecule has 5 nitrogen and oxygen atoms in total. The molecule has 0 aliphatic carbocycles. The first-order valence-corrected chi connectivity index (χ1v) is 9.50. The number of hydrogen-bond donors (Lipinski definition) is 1. The number of nitrogens with zero attached hydrogens (tertiary/aromatic N) is 2. The van der Waals surface area contributed by atoms with Gasteiger partial charge in [0.1, 0.15) is 0 Å². The highest BCUT2D eigenvalue weighted by molar-refractivity contribution is 5.47. The summed E-state index contributed by atoms with van der Waals surface area (Å²) in [7, 11) is 1.64. The number of para-hydroxylation sites is 1. The topological polar surface area (TPSA) is 57.5 Å². The predicted molar refractivity (Wildman–Crippen MR) is 107 cm³/mol. The van der Waals surface area contributed by atoms with E-state index >= 15 is 0 Å². The monoisotopic (exact) mass is 365 g/mol. The van der Waals surface area contributed by atoms with E-state index in [1.807, 2.05) is 12.1 Å². The highest BCUT2D eigenvalue weighted by Crippen LogP contribution is 2.28. The van der Waals surface area contributed by atoms with Crippen molar-refractivity contribution >= 4 is 5.69 Å². The van der Waals surface area contributed by atoms with Crippen LogP contribution in [0.2, 0.25) is 0 Å². The van der Waals surface area contributed by atoms with Crippen molar-refractivity contribution in [3.05, 3.63) is 54.1 Å². The van der Waals surface area contributed by atoms with Gasteiger partial charge in [0, 0.05) is 37.8 Å². The lowest BCUT2D eigenvalue weighted by molar-refractivity contribution is 0.290. The molecule has 0 spiro atoms. The second-order valence-electron chi connectivity index (χ2n) is 6.74. The highest BCUT2D eigenvalue weighted by atomic mass is 16.5. The number of nitrogens with one attached hydrogen (secondary N) is 1. The van der Waals surface area contributed by atoms with Crippen LogP contribution in [0, 0.1) is 11.3 Å². The molecule has 0 aromatic heterocycles. The standard InChI is InChI=1S/C22H27N3O2/c1-26-21-10-9-18(15-22(21)27-14-6-5-12-23)16-24-19-11-13-25(17-19)20-7-3-2-4-8-20/h2-4,7-10,15,19,24H,5-6,11,13-14,16-17H2,1H3. The molecule has 2 aromatic rings. The van der Waals surface area contributed by atoms with Crippen molar-refractivity contribution in [3.63, 3.8) is 0 Å². The quantitative estimate of drug-likeness (QED) is 0.686. The number of anilines is 1. The maximum atomic E-state index is 8.63. The molecule has 1 saturated heterocycles. The Hall–Kier alpha value is -2.71. The maximum absolute atomic E-state index is 8.63. The minimum absolute atomic E-state index is 0.479. The van der Waals surface area contributed by atoms with Crippen molar-refractivity contribution in [1.29, 1.82) is 5.26 Å². The summed E-state index contributed by atoms with van der Waals surface area (Å²) < 4.78 is 11.2. The minimum Gasteiger partial charge on any atom is -0.493 e. The largest absolute Gasteiger partial charge is 0.493 e. The van der Waals surface area contributed by atoms with Gasteiger partial charge in [-0.25, -0.2) is 0 Å². The first-order chi connectivity index (χ1) is 13.3. The van der Waals surface area contributed by atoms with Gasteiger partial charge in [0.15, 0.2) is 11.5 Å². The van der Waals surface area contributed by atoms with E-state index in [1.165, 1.54) is 11.3 Å². The van der Waals surface area contributed by atoms with E-state index in [1.54, 1.807) is 7.11 Å². The van der Waals surface area contributed by atoms with Crippen molar-refractivity contribution < 1.29 is 9.47 Å². The number of nitriles is 1. The molecule has 1 atom stereocenters. The molecular formula is C22H27N3O2. The smallest absolute Gasteiger partial charge is 0.161 e. The summed E-state index contributed by atoms with van der Waals surface area (Å²) in [6.07, 6.45) is 2.37. The number of benzene rings is 2. The van der Waals surface area contributed by atoms with Crippen LogP contribution in [0.25, 0.3) is 0 Å². The zero-order chi connectivity index (χ0) is 18.9. The van der Waals surface area contributed by atoms with Gasteiger partial charge in [-0.3, -0.25) is 0 Å². The molecule has 1 unspecified atom stereocenters. The molecule has 0 bridgehead atoms. The highest BCUT2D eigenvalue weighted by Gasteiger charge is 2.22. The molecule has 0 saturated carbocycles. The Morgan fingerprint density at radius 2 is 2.04 bits per heavy atom. The molecule has 1 heterocycles. The average molecular weight is 365 g/mol. The molecule has 2 aromatic carbocycles. The molecule has 1 aliphatic rings. The van der Waals surface area contributed by atoms with Crippen LogP contribution in [0.15, 0.2) is 48.5 Å². The summed E-state index contributed by atoms with van der Waals surface area (Å²) in [5.41, 5.74) is 2.46. The van der Waals surface area contributed by atoms with Gasteiger partial charge in [-0.2, -0.15) is 5.26 Å². The zero-order valence-corrected chi connectivity index (χ0v) is 15.9. The van der Waals surface area contributed by atoms with Crippen molar-refractivity contribution in [3.8, 4) is 17.6 Å². The first-order valence-electron chi connectivity index (χ1n) is 9.50. The van der Waals surface area contributed by atoms with Crippen molar-refractivity contribution in [1.82, 2.24) is 5.32 Å². The summed E-state index contributed by atoms with van der Waals surface area (Å²) in [6.45, 7) is 3.43. The summed E-state index contributed by atoms with van der Waals surface area (Å²) in [4.78, 5) is 2.43. The lowest BCUT2D eigenvalue weighted by Crippen LogP contribution is -2.32. The summed E-state index contributed by atoms with van der Waals surface area (Å²) in [5, 5.41) is 12.3. The van der Waals surface area contributed by atoms with Gasteiger partial charge in [0.05, 0.1) is 19.8 Å². The molecule has 0 radical (unpaired) electrons. The summed E-state index contributed by atoms with van der Waals surface area (Å²) in [5.74, 6) is 1.47. The van der Waals surface area contributed by atoms with E-state index in [4.69, 9.17) is 14.7 Å². The lowest BCUT2D eigenvalue weighted by Gasteiger charge is -2.19. The van der Waals surface area contributed by atoms with Gasteiger partial charge in [-0.05, 0) is 42.7 Å². The number of unbranched alkanes of at least 4 members (excludes halogenated alkanes) is 1. The van der Waals surface area contributed by atoms with Crippen LogP contribution < -0.4 is 19.7 Å². The van der Waals surface area contributed by atoms with E-state index < -0.39 is 0 Å². The van der Waals surface area contributed by atoms with Crippen LogP contribution in [-0.4, -0.2) is 32.8 Å². The molecule has 1 fully saturated rings. The Bertz CT molecular complexity index is 758. The molecule has 3 rings (SSSR count). The van der Waals surface area contributed by atoms with E-state index in [0.717, 1.165) is 44.0 Å². The molecule has 5 heteroatoms. The molecule has 0 amide bonds. The number of hydrogen-bond acceptors (Lipinski definition) is 5. The van der Waals surface area contributed by atoms with Crippen molar-refractivity contribution in [2.24, 2.45) is 0 Å². The number of rotatable bonds is 9. The second-order valence-corrected chi connectivity index (χ2v) is 6.74. The molecular weight excluding hydrogens is 338 g/mol. The Balaban J connectivity index is 1.52. The SMILES string of the molecule is COc1ccc(CNC2CCN(c3ccccc3)C2)cc1OCCCC#N. The molecule has 1 aliphatic heterocycles. The third-order valence-corrected chi connectivity index (χ3v) is 4.82. The number of ether oxygens (including phenoxy) is 2.